The molecule has 3 N–H and O–H groups in total. The number of nitrogens with one attached hydrogen (secondary N) is 1. The molecule has 0 saturated carbocycles. The van der Waals surface area contributed by atoms with Gasteiger partial charge in [-0.15, -0.1) is 0 Å². The monoisotopic (exact) mass is 324 g/mol. The minimum atomic E-state index is -1.10. The van der Waals surface area contributed by atoms with E-state index in [0.717, 1.165) is 5.56 Å². The molecule has 1 atom stereocenters. The molecule has 0 heterocycles. The molecule has 0 aromatic heterocycles. The van der Waals surface area contributed by atoms with Gasteiger partial charge in [0.1, 0.15) is 0 Å². The molecule has 0 aliphatic carbocycles. The second-order valence-corrected chi connectivity index (χ2v) is 4.67. The molecule has 0 unspecified atom stereocenters. The normalized spacial score (nSPS) is 11.3. The Balaban J connectivity index is 2.53. The van der Waals surface area contributed by atoms with Gasteiger partial charge in [-0.05, 0) is 31.0 Å². The van der Waals surface area contributed by atoms with Crippen molar-refractivity contribution in [3.63, 3.8) is 0 Å². The quantitative estimate of drug-likeness (QED) is 0.715. The summed E-state index contributed by atoms with van der Waals surface area (Å²) >= 11 is 0. The van der Waals surface area contributed by atoms with Gasteiger partial charge in [-0.1, -0.05) is 6.07 Å². The van der Waals surface area contributed by atoms with Gasteiger partial charge in [0.15, 0.2) is 17.6 Å². The highest BCUT2D eigenvalue weighted by Gasteiger charge is 2.18. The van der Waals surface area contributed by atoms with Gasteiger partial charge in [-0.3, -0.25) is 14.9 Å². The van der Waals surface area contributed by atoms with Gasteiger partial charge < -0.3 is 19.9 Å². The summed E-state index contributed by atoms with van der Waals surface area (Å²) < 4.78 is 15.2. The maximum atomic E-state index is 11.7. The van der Waals surface area contributed by atoms with E-state index in [9.17, 15) is 14.4 Å². The first-order chi connectivity index (χ1) is 10.9. The maximum absolute atomic E-state index is 11.7. The van der Waals surface area contributed by atoms with E-state index in [-0.39, 0.29) is 6.42 Å². The first-order valence-electron chi connectivity index (χ1n) is 6.88. The maximum Gasteiger partial charge on any atom is 0.318 e. The van der Waals surface area contributed by atoms with Gasteiger partial charge in [0.05, 0.1) is 14.2 Å². The molecule has 1 rings (SSSR count). The van der Waals surface area contributed by atoms with Crippen molar-refractivity contribution >= 4 is 17.9 Å². The molecule has 1 aromatic rings. The lowest BCUT2D eigenvalue weighted by molar-refractivity contribution is -0.154. The van der Waals surface area contributed by atoms with E-state index < -0.39 is 24.0 Å². The van der Waals surface area contributed by atoms with E-state index in [4.69, 9.17) is 19.9 Å². The van der Waals surface area contributed by atoms with Crippen molar-refractivity contribution in [3.8, 4) is 11.5 Å². The number of carbonyl (C=O) groups is 3. The minimum absolute atomic E-state index is 0.0731. The van der Waals surface area contributed by atoms with E-state index >= 15 is 0 Å². The fourth-order valence-electron chi connectivity index (χ4n) is 1.82. The Hall–Kier alpha value is -2.77. The minimum Gasteiger partial charge on any atom is -0.493 e. The van der Waals surface area contributed by atoms with E-state index in [1.54, 1.807) is 18.2 Å². The molecule has 126 valence electrons. The Morgan fingerprint density at radius 2 is 1.83 bits per heavy atom. The SMILES string of the molecule is COc1ccc(CCC(=O)O[C@@H](C)C(=O)NC(N)=O)cc1OC. The van der Waals surface area contributed by atoms with Crippen LogP contribution < -0.4 is 20.5 Å². The molecule has 1 aromatic carbocycles. The standard InChI is InChI=1S/C15H20N2O6/c1-9(14(19)17-15(16)20)23-13(18)7-5-10-4-6-11(21-2)12(8-10)22-3/h4,6,8-9H,5,7H2,1-3H3,(H3,16,17,19,20)/t9-/m0/s1. The summed E-state index contributed by atoms with van der Waals surface area (Å²) in [5.41, 5.74) is 5.67. The van der Waals surface area contributed by atoms with Crippen LogP contribution in [-0.4, -0.2) is 38.2 Å². The fourth-order valence-corrected chi connectivity index (χ4v) is 1.82. The van der Waals surface area contributed by atoms with E-state index in [1.807, 2.05) is 5.32 Å². The molecule has 0 bridgehead atoms. The summed E-state index contributed by atoms with van der Waals surface area (Å²) in [5.74, 6) is -0.174. The highest BCUT2D eigenvalue weighted by atomic mass is 16.5. The Morgan fingerprint density at radius 3 is 2.39 bits per heavy atom. The second kappa shape index (κ2) is 8.62. The van der Waals surface area contributed by atoms with Crippen molar-refractivity contribution in [1.29, 1.82) is 0 Å². The van der Waals surface area contributed by atoms with Crippen LogP contribution in [0.3, 0.4) is 0 Å². The Morgan fingerprint density at radius 1 is 1.17 bits per heavy atom. The molecular formula is C15H20N2O6. The molecule has 0 aliphatic rings. The third-order valence-corrected chi connectivity index (χ3v) is 2.99. The van der Waals surface area contributed by atoms with Gasteiger partial charge in [-0.25, -0.2) is 4.79 Å². The number of benzene rings is 1. The van der Waals surface area contributed by atoms with E-state index in [2.05, 4.69) is 0 Å². The average molecular weight is 324 g/mol. The van der Waals surface area contributed by atoms with Crippen molar-refractivity contribution < 1.29 is 28.6 Å². The molecule has 0 fully saturated rings. The molecule has 0 radical (unpaired) electrons. The topological polar surface area (TPSA) is 117 Å². The van der Waals surface area contributed by atoms with Crippen molar-refractivity contribution in [2.75, 3.05) is 14.2 Å². The van der Waals surface area contributed by atoms with Gasteiger partial charge in [0.25, 0.3) is 5.91 Å². The lowest BCUT2D eigenvalue weighted by Gasteiger charge is -2.12. The lowest BCUT2D eigenvalue weighted by atomic mass is 10.1. The number of nitrogens with two attached hydrogens (primary N) is 1. The number of primary amides is 1. The highest BCUT2D eigenvalue weighted by Crippen LogP contribution is 2.27. The predicted octanol–water partition coefficient (Wildman–Crippen LogP) is 0.763. The second-order valence-electron chi connectivity index (χ2n) is 4.67. The van der Waals surface area contributed by atoms with Crippen molar-refractivity contribution in [2.45, 2.75) is 25.9 Å². The van der Waals surface area contributed by atoms with Crippen LogP contribution in [0.4, 0.5) is 4.79 Å². The van der Waals surface area contributed by atoms with Gasteiger partial charge >= 0.3 is 12.0 Å². The number of hydrogen-bond acceptors (Lipinski definition) is 6. The summed E-state index contributed by atoms with van der Waals surface area (Å²) in [5, 5.41) is 1.84. The summed E-state index contributed by atoms with van der Waals surface area (Å²) in [6, 6.07) is 4.30. The molecule has 0 saturated heterocycles. The van der Waals surface area contributed by atoms with Crippen LogP contribution in [0.15, 0.2) is 18.2 Å². The molecular weight excluding hydrogens is 304 g/mol. The molecule has 0 spiro atoms. The van der Waals surface area contributed by atoms with Gasteiger partial charge in [0, 0.05) is 6.42 Å². The van der Waals surface area contributed by atoms with E-state index in [1.165, 1.54) is 21.1 Å². The summed E-state index contributed by atoms with van der Waals surface area (Å²) in [4.78, 5) is 33.7. The number of urea groups is 1. The van der Waals surface area contributed by atoms with Crippen molar-refractivity contribution in [1.82, 2.24) is 5.32 Å². The zero-order valence-corrected chi connectivity index (χ0v) is 13.3. The highest BCUT2D eigenvalue weighted by molar-refractivity contribution is 5.96. The number of methoxy groups -OCH3 is 2. The number of ether oxygens (including phenoxy) is 3. The lowest BCUT2D eigenvalue weighted by Crippen LogP contribution is -2.42. The van der Waals surface area contributed by atoms with Crippen LogP contribution in [0.2, 0.25) is 0 Å². The molecule has 3 amide bonds. The number of hydrogen-bond donors (Lipinski definition) is 2. The third-order valence-electron chi connectivity index (χ3n) is 2.99. The predicted molar refractivity (Wildman–Crippen MR) is 81.1 cm³/mol. The number of aryl methyl sites for hydroxylation is 1. The largest absolute Gasteiger partial charge is 0.493 e. The third kappa shape index (κ3) is 5.85. The van der Waals surface area contributed by atoms with Crippen molar-refractivity contribution in [2.24, 2.45) is 5.73 Å². The smallest absolute Gasteiger partial charge is 0.318 e. The van der Waals surface area contributed by atoms with Crippen LogP contribution in [-0.2, 0) is 20.7 Å². The van der Waals surface area contributed by atoms with Crippen LogP contribution in [0.5, 0.6) is 11.5 Å². The van der Waals surface area contributed by atoms with Crippen LogP contribution in [0, 0.1) is 0 Å². The molecule has 8 heteroatoms. The molecule has 8 nitrogen and oxygen atoms in total. The number of amides is 3. The number of esters is 1. The number of carbonyl (C=O) groups excluding carboxylic acids is 3. The number of imide groups is 1. The van der Waals surface area contributed by atoms with Crippen LogP contribution in [0.1, 0.15) is 18.9 Å². The van der Waals surface area contributed by atoms with Crippen LogP contribution in [0.25, 0.3) is 0 Å². The fraction of sp³-hybridized carbons (Fsp3) is 0.400. The molecule has 23 heavy (non-hydrogen) atoms. The van der Waals surface area contributed by atoms with Crippen LogP contribution >= 0.6 is 0 Å². The average Bonchev–Trinajstić information content (AvgIpc) is 2.51. The summed E-state index contributed by atoms with van der Waals surface area (Å²) in [6.45, 7) is 1.35. The van der Waals surface area contributed by atoms with Gasteiger partial charge in [-0.2, -0.15) is 0 Å². The zero-order valence-electron chi connectivity index (χ0n) is 13.3. The summed E-state index contributed by atoms with van der Waals surface area (Å²) in [6.07, 6.45) is -0.618. The van der Waals surface area contributed by atoms with Gasteiger partial charge in [0.2, 0.25) is 0 Å². The van der Waals surface area contributed by atoms with Crippen molar-refractivity contribution in [3.05, 3.63) is 23.8 Å². The first kappa shape index (κ1) is 18.3. The number of rotatable bonds is 7. The summed E-state index contributed by atoms with van der Waals surface area (Å²) in [7, 11) is 3.06. The first-order valence-corrected chi connectivity index (χ1v) is 6.88. The Labute approximate surface area is 133 Å². The molecule has 0 aliphatic heterocycles. The van der Waals surface area contributed by atoms with E-state index in [0.29, 0.717) is 17.9 Å². The zero-order chi connectivity index (χ0) is 17.4. The Kier molecular flexibility index (Phi) is 6.85. The Bertz CT molecular complexity index is 587.